The number of hydrogen-bond acceptors (Lipinski definition) is 3. The number of nitrogens with one attached hydrogen (secondary N) is 1. The van der Waals surface area contributed by atoms with E-state index in [1.807, 2.05) is 25.2 Å². The first kappa shape index (κ1) is 21.0. The van der Waals surface area contributed by atoms with Crippen molar-refractivity contribution in [1.29, 1.82) is 0 Å². The minimum atomic E-state index is 0. The van der Waals surface area contributed by atoms with Gasteiger partial charge in [0.05, 0.1) is 0 Å². The second-order valence-corrected chi connectivity index (χ2v) is 5.58. The highest BCUT2D eigenvalue weighted by molar-refractivity contribution is 5.85. The molecule has 0 aromatic heterocycles. The lowest BCUT2D eigenvalue weighted by Crippen LogP contribution is -2.38. The summed E-state index contributed by atoms with van der Waals surface area (Å²) >= 11 is 0. The number of benzene rings is 1. The third kappa shape index (κ3) is 5.67. The fourth-order valence-corrected chi connectivity index (χ4v) is 2.95. The van der Waals surface area contributed by atoms with Crippen LogP contribution >= 0.6 is 24.8 Å². The van der Waals surface area contributed by atoms with Gasteiger partial charge in [-0.1, -0.05) is 24.6 Å². The molecule has 2 atom stereocenters. The van der Waals surface area contributed by atoms with E-state index in [2.05, 4.69) is 22.3 Å². The summed E-state index contributed by atoms with van der Waals surface area (Å²) in [5.41, 5.74) is 6.90. The number of carbonyl (C=O) groups is 1. The lowest BCUT2D eigenvalue weighted by atomic mass is 9.95. The summed E-state index contributed by atoms with van der Waals surface area (Å²) in [6, 6.07) is 10.2. The van der Waals surface area contributed by atoms with Gasteiger partial charge in [0.2, 0.25) is 5.91 Å². The fraction of sp³-hybridized carbons (Fsp3) is 0.562. The van der Waals surface area contributed by atoms with Gasteiger partial charge in [-0.2, -0.15) is 0 Å². The average Bonchev–Trinajstić information content (AvgIpc) is 2.96. The molecule has 6 heteroatoms. The summed E-state index contributed by atoms with van der Waals surface area (Å²) in [6.07, 6.45) is 3.21. The van der Waals surface area contributed by atoms with E-state index in [-0.39, 0.29) is 36.6 Å². The second kappa shape index (κ2) is 10.7. The first-order chi connectivity index (χ1) is 9.72. The number of amides is 1. The summed E-state index contributed by atoms with van der Waals surface area (Å²) in [6.45, 7) is 2.12. The van der Waals surface area contributed by atoms with Crippen LogP contribution in [0.15, 0.2) is 30.3 Å². The number of anilines is 1. The van der Waals surface area contributed by atoms with Crippen molar-refractivity contribution in [3.05, 3.63) is 30.3 Å². The van der Waals surface area contributed by atoms with Crippen LogP contribution in [0.3, 0.4) is 0 Å². The van der Waals surface area contributed by atoms with Crippen LogP contribution in [0, 0.1) is 11.8 Å². The smallest absolute Gasteiger partial charge is 0.223 e. The fourth-order valence-electron chi connectivity index (χ4n) is 2.95. The molecule has 1 saturated carbocycles. The Morgan fingerprint density at radius 2 is 1.95 bits per heavy atom. The van der Waals surface area contributed by atoms with Crippen molar-refractivity contribution in [3.8, 4) is 0 Å². The molecule has 1 aromatic carbocycles. The van der Waals surface area contributed by atoms with Crippen molar-refractivity contribution in [1.82, 2.24) is 5.32 Å². The molecule has 1 aromatic rings. The molecule has 0 unspecified atom stereocenters. The maximum atomic E-state index is 12.1. The molecule has 1 aliphatic carbocycles. The van der Waals surface area contributed by atoms with Crippen molar-refractivity contribution < 1.29 is 4.79 Å². The van der Waals surface area contributed by atoms with Crippen molar-refractivity contribution >= 4 is 36.4 Å². The largest absolute Gasteiger partial charge is 0.373 e. The molecule has 3 N–H and O–H groups in total. The quantitative estimate of drug-likeness (QED) is 0.830. The van der Waals surface area contributed by atoms with E-state index >= 15 is 0 Å². The van der Waals surface area contributed by atoms with E-state index < -0.39 is 0 Å². The Bertz CT molecular complexity index is 431. The molecule has 22 heavy (non-hydrogen) atoms. The number of halogens is 2. The molecule has 4 nitrogen and oxygen atoms in total. The van der Waals surface area contributed by atoms with Gasteiger partial charge in [0.1, 0.15) is 0 Å². The van der Waals surface area contributed by atoms with Gasteiger partial charge >= 0.3 is 0 Å². The standard InChI is InChI=1S/C16H25N3O.2ClH/c1-19(14-7-3-2-4-8-14)11-10-18-16(20)15-9-5-6-13(15)12-17;;/h2-4,7-8,13,15H,5-6,9-12,17H2,1H3,(H,18,20);2*1H/t13-,15-;;/m1../s1. The second-order valence-electron chi connectivity index (χ2n) is 5.58. The number of nitrogens with zero attached hydrogens (tertiary/aromatic N) is 1. The highest BCUT2D eigenvalue weighted by Gasteiger charge is 2.31. The SMILES string of the molecule is CN(CCNC(=O)[C@@H]1CCC[C@@H]1CN)c1ccccc1.Cl.Cl. The van der Waals surface area contributed by atoms with Crippen LogP contribution in [0.5, 0.6) is 0 Å². The van der Waals surface area contributed by atoms with Gasteiger partial charge in [0, 0.05) is 31.7 Å². The van der Waals surface area contributed by atoms with Gasteiger partial charge in [-0.15, -0.1) is 24.8 Å². The molecule has 0 spiro atoms. The Hall–Kier alpha value is -0.970. The highest BCUT2D eigenvalue weighted by atomic mass is 35.5. The zero-order chi connectivity index (χ0) is 14.4. The van der Waals surface area contributed by atoms with E-state index in [9.17, 15) is 4.79 Å². The number of para-hydroxylation sites is 1. The lowest BCUT2D eigenvalue weighted by Gasteiger charge is -2.21. The van der Waals surface area contributed by atoms with Crippen molar-refractivity contribution in [3.63, 3.8) is 0 Å². The van der Waals surface area contributed by atoms with Crippen LogP contribution in [0.1, 0.15) is 19.3 Å². The molecule has 0 saturated heterocycles. The topological polar surface area (TPSA) is 58.4 Å². The summed E-state index contributed by atoms with van der Waals surface area (Å²) in [5.74, 6) is 0.684. The van der Waals surface area contributed by atoms with E-state index in [0.717, 1.165) is 25.8 Å². The number of likely N-dealkylation sites (N-methyl/N-ethyl adjacent to an activating group) is 1. The molecule has 0 radical (unpaired) electrons. The van der Waals surface area contributed by atoms with Crippen LogP contribution in [-0.2, 0) is 4.79 Å². The summed E-state index contributed by atoms with van der Waals surface area (Å²) in [7, 11) is 2.04. The van der Waals surface area contributed by atoms with Gasteiger partial charge in [-0.25, -0.2) is 0 Å². The van der Waals surface area contributed by atoms with Crippen molar-refractivity contribution in [2.24, 2.45) is 17.6 Å². The first-order valence-corrected chi connectivity index (χ1v) is 7.46. The van der Waals surface area contributed by atoms with Gasteiger partial charge in [0.15, 0.2) is 0 Å². The molecular formula is C16H27Cl2N3O. The predicted octanol–water partition coefficient (Wildman–Crippen LogP) is 2.46. The Balaban J connectivity index is 0.00000220. The molecule has 0 aliphatic heterocycles. The number of rotatable bonds is 6. The Labute approximate surface area is 145 Å². The van der Waals surface area contributed by atoms with Gasteiger partial charge in [-0.3, -0.25) is 4.79 Å². The highest BCUT2D eigenvalue weighted by Crippen LogP contribution is 2.30. The van der Waals surface area contributed by atoms with Gasteiger partial charge < -0.3 is 16.0 Å². The monoisotopic (exact) mass is 347 g/mol. The zero-order valence-corrected chi connectivity index (χ0v) is 14.7. The summed E-state index contributed by atoms with van der Waals surface area (Å²) in [4.78, 5) is 14.3. The zero-order valence-electron chi connectivity index (χ0n) is 13.0. The number of hydrogen-bond donors (Lipinski definition) is 2. The van der Waals surface area contributed by atoms with Gasteiger partial charge in [0.25, 0.3) is 0 Å². The van der Waals surface area contributed by atoms with E-state index in [1.54, 1.807) is 0 Å². The third-order valence-corrected chi connectivity index (χ3v) is 4.24. The van der Waals surface area contributed by atoms with Crippen LogP contribution in [0.25, 0.3) is 0 Å². The van der Waals surface area contributed by atoms with Crippen LogP contribution < -0.4 is 16.0 Å². The molecule has 1 fully saturated rings. The van der Waals surface area contributed by atoms with Crippen molar-refractivity contribution in [2.75, 3.05) is 31.6 Å². The van der Waals surface area contributed by atoms with E-state index in [4.69, 9.17) is 5.73 Å². The maximum absolute atomic E-state index is 12.1. The molecule has 1 aliphatic rings. The summed E-state index contributed by atoms with van der Waals surface area (Å²) in [5, 5.41) is 3.05. The lowest BCUT2D eigenvalue weighted by molar-refractivity contribution is -0.125. The number of carbonyl (C=O) groups excluding carboxylic acids is 1. The molecule has 0 bridgehead atoms. The van der Waals surface area contributed by atoms with Crippen LogP contribution in [0.4, 0.5) is 5.69 Å². The third-order valence-electron chi connectivity index (χ3n) is 4.24. The molecule has 1 amide bonds. The van der Waals surface area contributed by atoms with Crippen molar-refractivity contribution in [2.45, 2.75) is 19.3 Å². The molecule has 126 valence electrons. The number of nitrogens with two attached hydrogens (primary N) is 1. The minimum Gasteiger partial charge on any atom is -0.373 e. The van der Waals surface area contributed by atoms with E-state index in [0.29, 0.717) is 19.0 Å². The minimum absolute atomic E-state index is 0. The van der Waals surface area contributed by atoms with Crippen LogP contribution in [0.2, 0.25) is 0 Å². The first-order valence-electron chi connectivity index (χ1n) is 7.46. The molecule has 0 heterocycles. The summed E-state index contributed by atoms with van der Waals surface area (Å²) < 4.78 is 0. The average molecular weight is 348 g/mol. The van der Waals surface area contributed by atoms with Crippen LogP contribution in [-0.4, -0.2) is 32.6 Å². The molecule has 2 rings (SSSR count). The maximum Gasteiger partial charge on any atom is 0.223 e. The Morgan fingerprint density at radius 3 is 2.59 bits per heavy atom. The normalized spacial score (nSPS) is 19.7. The predicted molar refractivity (Wildman–Crippen MR) is 97.1 cm³/mol. The Kier molecular flexibility index (Phi) is 10.2. The molecular weight excluding hydrogens is 321 g/mol. The Morgan fingerprint density at radius 1 is 1.27 bits per heavy atom. The van der Waals surface area contributed by atoms with E-state index in [1.165, 1.54) is 5.69 Å². The van der Waals surface area contributed by atoms with Gasteiger partial charge in [-0.05, 0) is 37.4 Å².